The van der Waals surface area contributed by atoms with Gasteiger partial charge in [0.25, 0.3) is 0 Å². The van der Waals surface area contributed by atoms with Crippen molar-refractivity contribution >= 4 is 35.2 Å². The Labute approximate surface area is 152 Å². The Morgan fingerprint density at radius 2 is 1.80 bits per heavy atom. The van der Waals surface area contributed by atoms with E-state index in [1.54, 1.807) is 6.08 Å². The molecule has 0 atom stereocenters. The van der Waals surface area contributed by atoms with E-state index in [0.717, 1.165) is 5.56 Å². The van der Waals surface area contributed by atoms with Crippen LogP contribution in [0.15, 0.2) is 48.5 Å². The molecule has 2 aromatic rings. The summed E-state index contributed by atoms with van der Waals surface area (Å²) in [6, 6.07) is 12.6. The first-order valence-electron chi connectivity index (χ1n) is 7.87. The predicted octanol–water partition coefficient (Wildman–Crippen LogP) is 4.90. The fourth-order valence-electron chi connectivity index (χ4n) is 2.20. The second-order valence-corrected chi connectivity index (χ2v) is 6.24. The molecule has 0 spiro atoms. The van der Waals surface area contributed by atoms with Crippen LogP contribution in [-0.2, 0) is 9.53 Å². The van der Waals surface area contributed by atoms with Gasteiger partial charge in [-0.2, -0.15) is 0 Å². The van der Waals surface area contributed by atoms with Crippen LogP contribution in [-0.4, -0.2) is 19.0 Å². The summed E-state index contributed by atoms with van der Waals surface area (Å²) in [6.45, 7) is 4.26. The van der Waals surface area contributed by atoms with Gasteiger partial charge in [-0.15, -0.1) is 0 Å². The number of methoxy groups -OCH3 is 1. The number of hydrogen-bond acceptors (Lipinski definition) is 3. The van der Waals surface area contributed by atoms with Crippen LogP contribution in [0.3, 0.4) is 0 Å². The number of esters is 1. The summed E-state index contributed by atoms with van der Waals surface area (Å²) in [6.07, 6.45) is 3.14. The molecule has 1 amide bonds. The largest absolute Gasteiger partial charge is 0.465 e. The van der Waals surface area contributed by atoms with Gasteiger partial charge < -0.3 is 10.1 Å². The zero-order chi connectivity index (χ0) is 18.4. The number of rotatable bonds is 5. The zero-order valence-electron chi connectivity index (χ0n) is 14.4. The summed E-state index contributed by atoms with van der Waals surface area (Å²) in [5.41, 5.74) is 2.84. The Morgan fingerprint density at radius 1 is 1.12 bits per heavy atom. The smallest absolute Gasteiger partial charge is 0.337 e. The lowest BCUT2D eigenvalue weighted by molar-refractivity contribution is -0.111. The van der Waals surface area contributed by atoms with E-state index in [4.69, 9.17) is 11.6 Å². The summed E-state index contributed by atoms with van der Waals surface area (Å²) in [4.78, 5) is 23.6. The number of carbonyl (C=O) groups excluding carboxylic acids is 2. The summed E-state index contributed by atoms with van der Waals surface area (Å²) in [7, 11) is 1.29. The van der Waals surface area contributed by atoms with E-state index in [1.165, 1.54) is 36.9 Å². The minimum atomic E-state index is -0.493. The van der Waals surface area contributed by atoms with Gasteiger partial charge in [0.2, 0.25) is 5.91 Å². The van der Waals surface area contributed by atoms with Gasteiger partial charge >= 0.3 is 5.97 Å². The maximum Gasteiger partial charge on any atom is 0.337 e. The second-order valence-electron chi connectivity index (χ2n) is 5.83. The number of benzene rings is 2. The maximum absolute atomic E-state index is 12.1. The third-order valence-electron chi connectivity index (χ3n) is 3.68. The molecule has 0 fully saturated rings. The molecule has 0 unspecified atom stereocenters. The van der Waals surface area contributed by atoms with E-state index in [0.29, 0.717) is 22.2 Å². The van der Waals surface area contributed by atoms with Crippen molar-refractivity contribution in [3.05, 3.63) is 70.3 Å². The Balaban J connectivity index is 2.08. The molecule has 0 heterocycles. The maximum atomic E-state index is 12.1. The molecule has 0 radical (unpaired) electrons. The summed E-state index contributed by atoms with van der Waals surface area (Å²) < 4.78 is 4.66. The third-order valence-corrected chi connectivity index (χ3v) is 4.01. The van der Waals surface area contributed by atoms with Crippen LogP contribution in [0.25, 0.3) is 6.08 Å². The van der Waals surface area contributed by atoms with Gasteiger partial charge in [0.1, 0.15) is 0 Å². The number of anilines is 1. The lowest BCUT2D eigenvalue weighted by atomic mass is 10.0. The van der Waals surface area contributed by atoms with Crippen molar-refractivity contribution in [1.82, 2.24) is 0 Å². The van der Waals surface area contributed by atoms with Crippen molar-refractivity contribution in [1.29, 1.82) is 0 Å². The molecule has 0 aliphatic carbocycles. The summed E-state index contributed by atoms with van der Waals surface area (Å²) in [5, 5.41) is 3.01. The van der Waals surface area contributed by atoms with Crippen molar-refractivity contribution in [2.45, 2.75) is 19.8 Å². The van der Waals surface area contributed by atoms with E-state index in [9.17, 15) is 9.59 Å². The molecule has 0 saturated heterocycles. The minimum Gasteiger partial charge on any atom is -0.465 e. The number of nitrogens with one attached hydrogen (secondary N) is 1. The van der Waals surface area contributed by atoms with Crippen LogP contribution in [0.5, 0.6) is 0 Å². The van der Waals surface area contributed by atoms with Crippen molar-refractivity contribution in [3.8, 4) is 0 Å². The average Bonchev–Trinajstić information content (AvgIpc) is 2.61. The highest BCUT2D eigenvalue weighted by atomic mass is 35.5. The van der Waals surface area contributed by atoms with E-state index in [2.05, 4.69) is 23.9 Å². The third kappa shape index (κ3) is 5.19. The van der Waals surface area contributed by atoms with E-state index >= 15 is 0 Å². The topological polar surface area (TPSA) is 55.4 Å². The molecule has 0 aliphatic rings. The molecule has 0 bridgehead atoms. The van der Waals surface area contributed by atoms with Crippen LogP contribution in [0.1, 0.15) is 41.3 Å². The summed E-state index contributed by atoms with van der Waals surface area (Å²) in [5.74, 6) is -0.365. The van der Waals surface area contributed by atoms with Gasteiger partial charge in [0, 0.05) is 6.08 Å². The molecule has 2 aromatic carbocycles. The van der Waals surface area contributed by atoms with Crippen LogP contribution >= 0.6 is 11.6 Å². The molecule has 25 heavy (non-hydrogen) atoms. The minimum absolute atomic E-state index is 0.315. The van der Waals surface area contributed by atoms with Crippen LogP contribution in [0, 0.1) is 0 Å². The molecule has 0 aromatic heterocycles. The molecular formula is C20H20ClNO3. The molecule has 130 valence electrons. The lowest BCUT2D eigenvalue weighted by Gasteiger charge is -2.07. The van der Waals surface area contributed by atoms with Gasteiger partial charge in [-0.1, -0.05) is 49.7 Å². The van der Waals surface area contributed by atoms with Gasteiger partial charge in [0.15, 0.2) is 0 Å². The van der Waals surface area contributed by atoms with Crippen LogP contribution in [0.4, 0.5) is 5.69 Å². The van der Waals surface area contributed by atoms with E-state index in [-0.39, 0.29) is 5.91 Å². The van der Waals surface area contributed by atoms with Gasteiger partial charge in [-0.25, -0.2) is 4.79 Å². The number of halogens is 1. The van der Waals surface area contributed by atoms with Crippen LogP contribution < -0.4 is 5.32 Å². The van der Waals surface area contributed by atoms with Gasteiger partial charge in [0.05, 0.1) is 23.4 Å². The molecule has 1 N–H and O–H groups in total. The average molecular weight is 358 g/mol. The highest BCUT2D eigenvalue weighted by Crippen LogP contribution is 2.23. The molecule has 0 aliphatic heterocycles. The van der Waals surface area contributed by atoms with E-state index < -0.39 is 5.97 Å². The molecule has 4 nitrogen and oxygen atoms in total. The summed E-state index contributed by atoms with van der Waals surface area (Å²) >= 11 is 6.06. The number of amides is 1. The fraction of sp³-hybridized carbons (Fsp3) is 0.200. The highest BCUT2D eigenvalue weighted by Gasteiger charge is 2.10. The van der Waals surface area contributed by atoms with Gasteiger partial charge in [-0.05, 0) is 41.3 Å². The van der Waals surface area contributed by atoms with Crippen LogP contribution in [0.2, 0.25) is 5.02 Å². The standard InChI is InChI=1S/C20H20ClNO3/c1-13(2)15-7-4-14(5-8-15)6-11-19(23)22-18-12-16(20(24)25-3)9-10-17(18)21/h4-13H,1-3H3,(H,22,23)/b11-6+. The molecular weight excluding hydrogens is 338 g/mol. The van der Waals surface area contributed by atoms with Crippen molar-refractivity contribution in [3.63, 3.8) is 0 Å². The SMILES string of the molecule is COC(=O)c1ccc(Cl)c(NC(=O)/C=C/c2ccc(C(C)C)cc2)c1. The van der Waals surface area contributed by atoms with E-state index in [1.807, 2.05) is 24.3 Å². The first kappa shape index (κ1) is 18.7. The van der Waals surface area contributed by atoms with Crippen molar-refractivity contribution in [2.75, 3.05) is 12.4 Å². The predicted molar refractivity (Wildman–Crippen MR) is 101 cm³/mol. The van der Waals surface area contributed by atoms with Gasteiger partial charge in [-0.3, -0.25) is 4.79 Å². The normalized spacial score (nSPS) is 10.9. The Morgan fingerprint density at radius 3 is 2.40 bits per heavy atom. The Kier molecular flexibility index (Phi) is 6.37. The molecule has 2 rings (SSSR count). The first-order chi connectivity index (χ1) is 11.9. The lowest BCUT2D eigenvalue weighted by Crippen LogP contribution is -2.09. The van der Waals surface area contributed by atoms with Crippen molar-refractivity contribution in [2.24, 2.45) is 0 Å². The number of carbonyl (C=O) groups is 2. The Bertz CT molecular complexity index is 795. The first-order valence-corrected chi connectivity index (χ1v) is 8.25. The Hall–Kier alpha value is -2.59. The zero-order valence-corrected chi connectivity index (χ0v) is 15.1. The molecule has 5 heteroatoms. The second kappa shape index (κ2) is 8.49. The molecule has 0 saturated carbocycles. The quantitative estimate of drug-likeness (QED) is 0.611. The van der Waals surface area contributed by atoms with Crippen molar-refractivity contribution < 1.29 is 14.3 Å². The monoisotopic (exact) mass is 357 g/mol. The number of hydrogen-bond donors (Lipinski definition) is 1. The fourth-order valence-corrected chi connectivity index (χ4v) is 2.37. The highest BCUT2D eigenvalue weighted by molar-refractivity contribution is 6.34. The number of ether oxygens (including phenoxy) is 1.